The number of halogens is 1. The Morgan fingerprint density at radius 1 is 0.958 bits per heavy atom. The summed E-state index contributed by atoms with van der Waals surface area (Å²) < 4.78 is 0. The maximum atomic E-state index is 13.5. The number of nitrogens with zero attached hydrogens (tertiary/aromatic N) is 1. The molecule has 0 saturated carbocycles. The van der Waals surface area contributed by atoms with Gasteiger partial charge in [-0.1, -0.05) is 76.6 Å². The van der Waals surface area contributed by atoms with E-state index in [4.69, 9.17) is 0 Å². The summed E-state index contributed by atoms with van der Waals surface area (Å²) in [4.78, 5) is 15.4. The van der Waals surface area contributed by atoms with E-state index in [-0.39, 0.29) is 16.7 Å². The van der Waals surface area contributed by atoms with Crippen molar-refractivity contribution in [2.45, 2.75) is 36.6 Å². The highest BCUT2D eigenvalue weighted by Gasteiger charge is 2.44. The minimum Gasteiger partial charge on any atom is -0.307 e. The van der Waals surface area contributed by atoms with E-state index in [1.165, 1.54) is 0 Å². The fourth-order valence-electron chi connectivity index (χ4n) is 3.20. The average molecular weight is 388 g/mol. The number of hydrogen-bond donors (Lipinski definition) is 0. The molecule has 0 bridgehead atoms. The summed E-state index contributed by atoms with van der Waals surface area (Å²) in [7, 11) is 4.13. The van der Waals surface area contributed by atoms with E-state index < -0.39 is 5.41 Å². The molecule has 0 spiro atoms. The minimum absolute atomic E-state index is 0.202. The van der Waals surface area contributed by atoms with E-state index in [9.17, 15) is 4.79 Å². The second-order valence-electron chi connectivity index (χ2n) is 6.63. The molecule has 0 amide bonds. The van der Waals surface area contributed by atoms with Crippen molar-refractivity contribution >= 4 is 21.7 Å². The lowest BCUT2D eigenvalue weighted by Gasteiger charge is -2.38. The number of carbonyl (C=O) groups excluding carboxylic acids is 1. The normalized spacial score (nSPS) is 14.4. The van der Waals surface area contributed by atoms with Crippen molar-refractivity contribution in [3.8, 4) is 0 Å². The molecule has 0 fully saturated rings. The third kappa shape index (κ3) is 3.79. The molecule has 0 aliphatic carbocycles. The second-order valence-corrected chi connectivity index (χ2v) is 8.01. The number of benzene rings is 2. The lowest BCUT2D eigenvalue weighted by Crippen LogP contribution is -2.45. The zero-order chi connectivity index (χ0) is 17.7. The first-order valence-corrected chi connectivity index (χ1v) is 9.27. The van der Waals surface area contributed by atoms with E-state index in [1.807, 2.05) is 43.3 Å². The Labute approximate surface area is 154 Å². The van der Waals surface area contributed by atoms with Gasteiger partial charge in [-0.3, -0.25) is 4.79 Å². The van der Waals surface area contributed by atoms with Crippen LogP contribution in [0.1, 0.15) is 31.4 Å². The molecule has 0 aliphatic rings. The zero-order valence-electron chi connectivity index (χ0n) is 14.9. The highest BCUT2D eigenvalue weighted by Crippen LogP contribution is 2.40. The molecule has 3 heteroatoms. The highest BCUT2D eigenvalue weighted by atomic mass is 79.9. The lowest BCUT2D eigenvalue weighted by molar-refractivity contribution is -0.123. The smallest absolute Gasteiger partial charge is 0.161 e. The Morgan fingerprint density at radius 3 is 1.71 bits per heavy atom. The first-order valence-electron chi connectivity index (χ1n) is 8.35. The van der Waals surface area contributed by atoms with Gasteiger partial charge in [-0.05, 0) is 45.5 Å². The van der Waals surface area contributed by atoms with Crippen LogP contribution in [0, 0.1) is 0 Å². The monoisotopic (exact) mass is 387 g/mol. The van der Waals surface area contributed by atoms with Crippen LogP contribution in [0.3, 0.4) is 0 Å². The standard InChI is InChI=1S/C21H26BrNO/c1-16(23(3)4)15-21(20(24)17(2)22,18-11-7-5-8-12-18)19-13-9-6-10-14-19/h5-14,16-17H,15H2,1-4H3/t16-,17+/m1/s1. The van der Waals surface area contributed by atoms with Crippen molar-refractivity contribution in [3.05, 3.63) is 71.8 Å². The molecular formula is C21H26BrNO. The van der Waals surface area contributed by atoms with Gasteiger partial charge in [0.25, 0.3) is 0 Å². The highest BCUT2D eigenvalue weighted by molar-refractivity contribution is 9.10. The number of rotatable bonds is 7. The van der Waals surface area contributed by atoms with E-state index in [1.54, 1.807) is 0 Å². The van der Waals surface area contributed by atoms with E-state index in [0.717, 1.165) is 17.5 Å². The van der Waals surface area contributed by atoms with Crippen LogP contribution >= 0.6 is 15.9 Å². The van der Waals surface area contributed by atoms with Crippen LogP contribution in [0.15, 0.2) is 60.7 Å². The van der Waals surface area contributed by atoms with Crippen molar-refractivity contribution < 1.29 is 4.79 Å². The molecule has 2 rings (SSSR count). The Bertz CT molecular complexity index is 613. The number of carbonyl (C=O) groups is 1. The predicted octanol–water partition coefficient (Wildman–Crippen LogP) is 4.67. The van der Waals surface area contributed by atoms with Crippen molar-refractivity contribution in [2.75, 3.05) is 14.1 Å². The maximum absolute atomic E-state index is 13.5. The van der Waals surface area contributed by atoms with Crippen molar-refractivity contribution in [1.29, 1.82) is 0 Å². The molecule has 24 heavy (non-hydrogen) atoms. The van der Waals surface area contributed by atoms with Gasteiger partial charge in [0, 0.05) is 6.04 Å². The van der Waals surface area contributed by atoms with E-state index in [0.29, 0.717) is 0 Å². The van der Waals surface area contributed by atoms with Crippen LogP contribution in [0.4, 0.5) is 0 Å². The molecule has 0 N–H and O–H groups in total. The molecule has 0 saturated heterocycles. The van der Waals surface area contributed by atoms with Gasteiger partial charge >= 0.3 is 0 Å². The van der Waals surface area contributed by atoms with Gasteiger partial charge in [0.2, 0.25) is 0 Å². The van der Waals surface area contributed by atoms with Gasteiger partial charge in [-0.2, -0.15) is 0 Å². The summed E-state index contributed by atoms with van der Waals surface area (Å²) >= 11 is 3.53. The SMILES string of the molecule is C[C@H](Br)C(=O)C(C[C@@H](C)N(C)C)(c1ccccc1)c1ccccc1. The van der Waals surface area contributed by atoms with Crippen molar-refractivity contribution in [2.24, 2.45) is 0 Å². The molecule has 2 aromatic rings. The predicted molar refractivity (Wildman–Crippen MR) is 105 cm³/mol. The molecule has 0 heterocycles. The Morgan fingerprint density at radius 2 is 1.38 bits per heavy atom. The zero-order valence-corrected chi connectivity index (χ0v) is 16.5. The van der Waals surface area contributed by atoms with E-state index in [2.05, 4.69) is 66.1 Å². The average Bonchev–Trinajstić information content (AvgIpc) is 2.60. The Hall–Kier alpha value is -1.45. The van der Waals surface area contributed by atoms with Crippen LogP contribution < -0.4 is 0 Å². The molecule has 0 unspecified atom stereocenters. The molecule has 2 aromatic carbocycles. The number of ketones is 1. The third-order valence-electron chi connectivity index (χ3n) is 4.80. The topological polar surface area (TPSA) is 20.3 Å². The van der Waals surface area contributed by atoms with Gasteiger partial charge in [-0.15, -0.1) is 0 Å². The van der Waals surface area contributed by atoms with Crippen LogP contribution in [-0.4, -0.2) is 35.6 Å². The minimum atomic E-state index is -0.658. The fraction of sp³-hybridized carbons (Fsp3) is 0.381. The Balaban J connectivity index is 2.71. The van der Waals surface area contributed by atoms with Crippen LogP contribution in [0.25, 0.3) is 0 Å². The van der Waals surface area contributed by atoms with Gasteiger partial charge in [0.05, 0.1) is 10.2 Å². The van der Waals surface area contributed by atoms with Crippen LogP contribution in [0.5, 0.6) is 0 Å². The number of alkyl halides is 1. The molecule has 0 aromatic heterocycles. The molecule has 2 nitrogen and oxygen atoms in total. The van der Waals surface area contributed by atoms with Gasteiger partial charge in [0.1, 0.15) is 0 Å². The van der Waals surface area contributed by atoms with Gasteiger partial charge in [-0.25, -0.2) is 0 Å². The summed E-state index contributed by atoms with van der Waals surface area (Å²) in [5.74, 6) is 0.202. The lowest BCUT2D eigenvalue weighted by atomic mass is 9.67. The third-order valence-corrected chi connectivity index (χ3v) is 5.21. The fourth-order valence-corrected chi connectivity index (χ4v) is 3.59. The number of Topliss-reactive ketones (excluding diaryl/α,β-unsaturated/α-hetero) is 1. The van der Waals surface area contributed by atoms with Crippen molar-refractivity contribution in [1.82, 2.24) is 4.90 Å². The molecule has 0 radical (unpaired) electrons. The molecule has 0 aliphatic heterocycles. The summed E-state index contributed by atoms with van der Waals surface area (Å²) in [5.41, 5.74) is 1.46. The van der Waals surface area contributed by atoms with Crippen LogP contribution in [-0.2, 0) is 10.2 Å². The maximum Gasteiger partial charge on any atom is 0.161 e. The summed E-state index contributed by atoms with van der Waals surface area (Å²) in [5, 5.41) is 0. The Kier molecular flexibility index (Phi) is 6.36. The molecule has 2 atom stereocenters. The molecule has 128 valence electrons. The number of hydrogen-bond acceptors (Lipinski definition) is 2. The first kappa shape index (κ1) is 18.9. The summed E-state index contributed by atoms with van der Waals surface area (Å²) in [6, 6.07) is 20.6. The van der Waals surface area contributed by atoms with Crippen molar-refractivity contribution in [3.63, 3.8) is 0 Å². The van der Waals surface area contributed by atoms with Gasteiger partial charge in [0.15, 0.2) is 5.78 Å². The largest absolute Gasteiger partial charge is 0.307 e. The van der Waals surface area contributed by atoms with Gasteiger partial charge < -0.3 is 4.90 Å². The summed E-state index contributed by atoms with van der Waals surface area (Å²) in [6.45, 7) is 4.09. The second kappa shape index (κ2) is 8.09. The first-order chi connectivity index (χ1) is 11.4. The van der Waals surface area contributed by atoms with E-state index >= 15 is 0 Å². The molecular weight excluding hydrogens is 362 g/mol. The quantitative estimate of drug-likeness (QED) is 0.643. The summed E-state index contributed by atoms with van der Waals surface area (Å²) in [6.07, 6.45) is 0.739. The van der Waals surface area contributed by atoms with Crippen LogP contribution in [0.2, 0.25) is 0 Å².